The third-order valence-electron chi connectivity index (χ3n) is 5.01. The average molecular weight is 444 g/mol. The van der Waals surface area contributed by atoms with Gasteiger partial charge in [-0.3, -0.25) is 4.79 Å². The first-order valence-corrected chi connectivity index (χ1v) is 10.6. The number of aromatic nitrogens is 3. The van der Waals surface area contributed by atoms with E-state index in [-0.39, 0.29) is 17.4 Å². The minimum absolute atomic E-state index is 0.0533. The van der Waals surface area contributed by atoms with Crippen molar-refractivity contribution >= 4 is 5.91 Å². The second-order valence-electron chi connectivity index (χ2n) is 7.20. The second-order valence-corrected chi connectivity index (χ2v) is 7.20. The van der Waals surface area contributed by atoms with Crippen LogP contribution in [0.1, 0.15) is 17.3 Å². The Labute approximate surface area is 191 Å². The van der Waals surface area contributed by atoms with E-state index in [0.29, 0.717) is 53.8 Å². The molecular weight excluding hydrogens is 420 g/mol. The van der Waals surface area contributed by atoms with Crippen LogP contribution in [-0.2, 0) is 4.74 Å². The smallest absolute Gasteiger partial charge is 0.251 e. The van der Waals surface area contributed by atoms with Gasteiger partial charge in [-0.15, -0.1) is 5.10 Å². The summed E-state index contributed by atoms with van der Waals surface area (Å²) >= 11 is 0. The maximum Gasteiger partial charge on any atom is 0.251 e. The van der Waals surface area contributed by atoms with Crippen molar-refractivity contribution in [1.29, 1.82) is 0 Å². The number of carbonyl (C=O) groups is 1. The Kier molecular flexibility index (Phi) is 6.66. The number of amides is 1. The fourth-order valence-electron chi connectivity index (χ4n) is 3.34. The van der Waals surface area contributed by atoms with Crippen LogP contribution in [0, 0.1) is 0 Å². The molecule has 0 unspecified atom stereocenters. The highest BCUT2D eigenvalue weighted by atomic mass is 16.5. The number of phenolic OH excluding ortho intramolecular Hbond substituents is 2. The lowest BCUT2D eigenvalue weighted by Crippen LogP contribution is -2.27. The standard InChI is InChI=1S/C25H24N4O4/c1-2-33-16-15-26-25(32)17-11-13-18(14-12-17)29-24(20-8-4-6-10-22(20)31)27-23(28-29)19-7-3-5-9-21(19)30/h3-14,30-31H,2,15-16H2,1H3,(H,26,32). The maximum atomic E-state index is 12.4. The van der Waals surface area contributed by atoms with E-state index in [1.165, 1.54) is 0 Å². The SMILES string of the molecule is CCOCCNC(=O)c1ccc(-n2nc(-c3ccccc3O)nc2-c2ccccc2O)cc1. The molecule has 4 aromatic rings. The van der Waals surface area contributed by atoms with Crippen LogP contribution in [0.2, 0.25) is 0 Å². The molecule has 1 aromatic heterocycles. The van der Waals surface area contributed by atoms with Gasteiger partial charge >= 0.3 is 0 Å². The lowest BCUT2D eigenvalue weighted by molar-refractivity contribution is 0.0922. The van der Waals surface area contributed by atoms with Crippen LogP contribution < -0.4 is 5.32 Å². The number of hydrogen-bond acceptors (Lipinski definition) is 6. The van der Waals surface area contributed by atoms with Crippen LogP contribution in [0.5, 0.6) is 11.5 Å². The Hall–Kier alpha value is -4.17. The topological polar surface area (TPSA) is 110 Å². The average Bonchev–Trinajstić information content (AvgIpc) is 3.27. The van der Waals surface area contributed by atoms with Gasteiger partial charge in [0.05, 0.1) is 23.4 Å². The first kappa shape index (κ1) is 22.0. The van der Waals surface area contributed by atoms with Gasteiger partial charge in [-0.25, -0.2) is 9.67 Å². The summed E-state index contributed by atoms with van der Waals surface area (Å²) in [6.07, 6.45) is 0. The van der Waals surface area contributed by atoms with E-state index in [1.54, 1.807) is 77.5 Å². The molecule has 3 aromatic carbocycles. The number of benzene rings is 3. The van der Waals surface area contributed by atoms with Gasteiger partial charge in [-0.1, -0.05) is 24.3 Å². The summed E-state index contributed by atoms with van der Waals surface area (Å²) in [4.78, 5) is 17.0. The molecule has 168 valence electrons. The van der Waals surface area contributed by atoms with Gasteiger partial charge in [0.1, 0.15) is 11.5 Å². The predicted molar refractivity (Wildman–Crippen MR) is 124 cm³/mol. The number of rotatable bonds is 8. The molecule has 8 nitrogen and oxygen atoms in total. The van der Waals surface area contributed by atoms with Gasteiger partial charge in [-0.05, 0) is 55.5 Å². The van der Waals surface area contributed by atoms with Crippen LogP contribution >= 0.6 is 0 Å². The first-order valence-electron chi connectivity index (χ1n) is 10.6. The van der Waals surface area contributed by atoms with Gasteiger partial charge in [0.25, 0.3) is 5.91 Å². The van der Waals surface area contributed by atoms with Crippen molar-refractivity contribution in [3.8, 4) is 40.0 Å². The highest BCUT2D eigenvalue weighted by Gasteiger charge is 2.19. The molecule has 0 bridgehead atoms. The van der Waals surface area contributed by atoms with E-state index >= 15 is 0 Å². The molecule has 0 saturated heterocycles. The zero-order valence-electron chi connectivity index (χ0n) is 18.1. The molecular formula is C25H24N4O4. The fraction of sp³-hybridized carbons (Fsp3) is 0.160. The van der Waals surface area contributed by atoms with Gasteiger partial charge in [0.2, 0.25) is 0 Å². The van der Waals surface area contributed by atoms with Crippen LogP contribution in [0.25, 0.3) is 28.5 Å². The third-order valence-corrected chi connectivity index (χ3v) is 5.01. The number of nitrogens with zero attached hydrogens (tertiary/aromatic N) is 3. The van der Waals surface area contributed by atoms with E-state index in [4.69, 9.17) is 4.74 Å². The Morgan fingerprint density at radius 3 is 2.21 bits per heavy atom. The Balaban J connectivity index is 1.70. The zero-order chi connectivity index (χ0) is 23.2. The Morgan fingerprint density at radius 1 is 0.939 bits per heavy atom. The fourth-order valence-corrected chi connectivity index (χ4v) is 3.34. The van der Waals surface area contributed by atoms with Crippen molar-refractivity contribution < 1.29 is 19.7 Å². The molecule has 0 saturated carbocycles. The Morgan fingerprint density at radius 2 is 1.58 bits per heavy atom. The number of hydrogen-bond donors (Lipinski definition) is 3. The van der Waals surface area contributed by atoms with Gasteiger partial charge < -0.3 is 20.3 Å². The first-order chi connectivity index (χ1) is 16.1. The highest BCUT2D eigenvalue weighted by molar-refractivity contribution is 5.94. The van der Waals surface area contributed by atoms with Crippen molar-refractivity contribution in [3.05, 3.63) is 78.4 Å². The summed E-state index contributed by atoms with van der Waals surface area (Å²) in [5.74, 6) is 0.623. The number of phenols is 2. The van der Waals surface area contributed by atoms with E-state index < -0.39 is 0 Å². The largest absolute Gasteiger partial charge is 0.507 e. The quantitative estimate of drug-likeness (QED) is 0.357. The van der Waals surface area contributed by atoms with Crippen molar-refractivity contribution in [2.24, 2.45) is 0 Å². The third kappa shape index (κ3) is 4.86. The van der Waals surface area contributed by atoms with Gasteiger partial charge in [0, 0.05) is 18.7 Å². The molecule has 0 radical (unpaired) electrons. The van der Waals surface area contributed by atoms with Crippen LogP contribution in [-0.4, -0.2) is 50.6 Å². The van der Waals surface area contributed by atoms with E-state index in [2.05, 4.69) is 15.4 Å². The van der Waals surface area contributed by atoms with E-state index in [0.717, 1.165) is 0 Å². The normalized spacial score (nSPS) is 10.8. The molecule has 0 aliphatic heterocycles. The molecule has 1 amide bonds. The minimum Gasteiger partial charge on any atom is -0.507 e. The summed E-state index contributed by atoms with van der Waals surface area (Å²) in [6, 6.07) is 20.5. The summed E-state index contributed by atoms with van der Waals surface area (Å²) < 4.78 is 6.81. The van der Waals surface area contributed by atoms with Gasteiger partial charge in [0.15, 0.2) is 11.6 Å². The van der Waals surface area contributed by atoms with Crippen LogP contribution in [0.15, 0.2) is 72.8 Å². The minimum atomic E-state index is -0.198. The number of ether oxygens (including phenoxy) is 1. The van der Waals surface area contributed by atoms with Gasteiger partial charge in [-0.2, -0.15) is 0 Å². The van der Waals surface area contributed by atoms with Crippen molar-refractivity contribution in [2.45, 2.75) is 6.92 Å². The number of aromatic hydroxyl groups is 2. The molecule has 0 aliphatic carbocycles. The number of carbonyl (C=O) groups excluding carboxylic acids is 1. The van der Waals surface area contributed by atoms with E-state index in [1.807, 2.05) is 6.92 Å². The molecule has 33 heavy (non-hydrogen) atoms. The van der Waals surface area contributed by atoms with Crippen molar-refractivity contribution in [2.75, 3.05) is 19.8 Å². The zero-order valence-corrected chi connectivity index (χ0v) is 18.1. The highest BCUT2D eigenvalue weighted by Crippen LogP contribution is 2.33. The van der Waals surface area contributed by atoms with Crippen molar-refractivity contribution in [3.63, 3.8) is 0 Å². The molecule has 0 fully saturated rings. The lowest BCUT2D eigenvalue weighted by atomic mass is 10.1. The second kappa shape index (κ2) is 9.97. The van der Waals surface area contributed by atoms with Crippen molar-refractivity contribution in [1.82, 2.24) is 20.1 Å². The number of para-hydroxylation sites is 2. The van der Waals surface area contributed by atoms with Crippen LogP contribution in [0.3, 0.4) is 0 Å². The molecule has 3 N–H and O–H groups in total. The molecule has 4 rings (SSSR count). The van der Waals surface area contributed by atoms with Crippen LogP contribution in [0.4, 0.5) is 0 Å². The molecule has 8 heteroatoms. The number of nitrogens with one attached hydrogen (secondary N) is 1. The summed E-state index contributed by atoms with van der Waals surface area (Å²) in [6.45, 7) is 3.39. The summed E-state index contributed by atoms with van der Waals surface area (Å²) in [7, 11) is 0. The van der Waals surface area contributed by atoms with E-state index in [9.17, 15) is 15.0 Å². The molecule has 0 atom stereocenters. The Bertz CT molecular complexity index is 1250. The lowest BCUT2D eigenvalue weighted by Gasteiger charge is -2.09. The molecule has 0 aliphatic rings. The monoisotopic (exact) mass is 444 g/mol. The maximum absolute atomic E-state index is 12.4. The summed E-state index contributed by atoms with van der Waals surface area (Å²) in [5.41, 5.74) is 2.11. The molecule has 1 heterocycles. The predicted octanol–water partition coefficient (Wildman–Crippen LogP) is 3.78. The summed E-state index contributed by atoms with van der Waals surface area (Å²) in [5, 5.41) is 28.1. The molecule has 0 spiro atoms.